The highest BCUT2D eigenvalue weighted by molar-refractivity contribution is 7.80. The molecule has 0 aliphatic rings. The molecule has 0 saturated carbocycles. The maximum Gasteiger partial charge on any atom is 0.0119 e. The van der Waals surface area contributed by atoms with E-state index in [9.17, 15) is 0 Å². The summed E-state index contributed by atoms with van der Waals surface area (Å²) in [6.45, 7) is 6.37. The van der Waals surface area contributed by atoms with Crippen LogP contribution in [0.15, 0.2) is 53.4 Å². The van der Waals surface area contributed by atoms with Crippen molar-refractivity contribution >= 4 is 12.6 Å². The highest BCUT2D eigenvalue weighted by atomic mass is 32.1. The molecule has 0 unspecified atom stereocenters. The first-order valence-corrected chi connectivity index (χ1v) is 6.49. The first-order chi connectivity index (χ1) is 8.20. The van der Waals surface area contributed by atoms with E-state index in [0.29, 0.717) is 0 Å². The highest BCUT2D eigenvalue weighted by Crippen LogP contribution is 2.28. The lowest BCUT2D eigenvalue weighted by Gasteiger charge is -2.07. The van der Waals surface area contributed by atoms with Crippen LogP contribution in [0.2, 0.25) is 0 Å². The van der Waals surface area contributed by atoms with Gasteiger partial charge in [-0.15, -0.1) is 12.6 Å². The fraction of sp³-hybridized carbons (Fsp3) is 0.250. The third kappa shape index (κ3) is 3.94. The van der Waals surface area contributed by atoms with E-state index in [1.807, 2.05) is 18.2 Å². The van der Waals surface area contributed by atoms with Gasteiger partial charge >= 0.3 is 0 Å². The van der Waals surface area contributed by atoms with Crippen LogP contribution in [-0.4, -0.2) is 0 Å². The van der Waals surface area contributed by atoms with Gasteiger partial charge in [0.25, 0.3) is 0 Å². The molecule has 0 fully saturated rings. The topological polar surface area (TPSA) is 0 Å². The van der Waals surface area contributed by atoms with Crippen LogP contribution in [0, 0.1) is 6.92 Å². The number of hydrogen-bond acceptors (Lipinski definition) is 1. The lowest BCUT2D eigenvalue weighted by molar-refractivity contribution is 1.09. The summed E-state index contributed by atoms with van der Waals surface area (Å²) in [5.41, 5.74) is 3.75. The third-order valence-corrected chi connectivity index (χ3v) is 2.73. The minimum atomic E-state index is 1.03. The van der Waals surface area contributed by atoms with Crippen molar-refractivity contribution in [3.05, 3.63) is 54.1 Å². The van der Waals surface area contributed by atoms with E-state index in [4.69, 9.17) is 0 Å². The van der Waals surface area contributed by atoms with Crippen molar-refractivity contribution in [1.82, 2.24) is 0 Å². The second-order valence-corrected chi connectivity index (χ2v) is 4.52. The Morgan fingerprint density at radius 1 is 0.824 bits per heavy atom. The Morgan fingerprint density at radius 2 is 1.29 bits per heavy atom. The van der Waals surface area contributed by atoms with Gasteiger partial charge in [-0.05, 0) is 29.7 Å². The Morgan fingerprint density at radius 3 is 1.82 bits per heavy atom. The Hall–Kier alpha value is -1.21. The van der Waals surface area contributed by atoms with E-state index >= 15 is 0 Å². The summed E-state index contributed by atoms with van der Waals surface area (Å²) in [7, 11) is 0. The molecule has 0 aliphatic carbocycles. The molecule has 2 rings (SSSR count). The molecule has 0 aromatic heterocycles. The summed E-state index contributed by atoms with van der Waals surface area (Å²) in [6.07, 6.45) is 1.25. The normalized spacial score (nSPS) is 9.41. The van der Waals surface area contributed by atoms with Gasteiger partial charge in [-0.25, -0.2) is 0 Å². The molecule has 17 heavy (non-hydrogen) atoms. The predicted octanol–water partition coefficient (Wildman–Crippen LogP) is 5.37. The zero-order chi connectivity index (χ0) is 12.7. The Bertz CT molecular complexity index is 417. The van der Waals surface area contributed by atoms with Crippen molar-refractivity contribution in [2.24, 2.45) is 0 Å². The van der Waals surface area contributed by atoms with Gasteiger partial charge in [0.2, 0.25) is 0 Å². The van der Waals surface area contributed by atoms with Crippen LogP contribution in [0.5, 0.6) is 0 Å². The molecule has 2 aromatic carbocycles. The van der Waals surface area contributed by atoms with E-state index in [2.05, 4.69) is 63.7 Å². The van der Waals surface area contributed by atoms with Gasteiger partial charge in [0.05, 0.1) is 0 Å². The molecule has 0 heterocycles. The van der Waals surface area contributed by atoms with Crippen LogP contribution in [0.25, 0.3) is 11.1 Å². The highest BCUT2D eigenvalue weighted by Gasteiger charge is 2.02. The lowest BCUT2D eigenvalue weighted by Crippen LogP contribution is -1.83. The molecule has 0 radical (unpaired) electrons. The van der Waals surface area contributed by atoms with E-state index in [1.165, 1.54) is 23.1 Å². The third-order valence-electron chi connectivity index (χ3n) is 2.34. The number of benzene rings is 2. The molecule has 0 atom stereocenters. The zero-order valence-electron chi connectivity index (χ0n) is 10.8. The van der Waals surface area contributed by atoms with Gasteiger partial charge in [0.15, 0.2) is 0 Å². The van der Waals surface area contributed by atoms with Gasteiger partial charge in [0.1, 0.15) is 0 Å². The van der Waals surface area contributed by atoms with E-state index in [0.717, 1.165) is 4.90 Å². The van der Waals surface area contributed by atoms with Crippen LogP contribution >= 0.6 is 12.6 Å². The number of aryl methyl sites for hydroxylation is 1. The van der Waals surface area contributed by atoms with Crippen LogP contribution in [0.1, 0.15) is 25.8 Å². The molecule has 90 valence electrons. The smallest absolute Gasteiger partial charge is 0.0119 e. The molecule has 0 bridgehead atoms. The van der Waals surface area contributed by atoms with Crippen LogP contribution < -0.4 is 0 Å². The van der Waals surface area contributed by atoms with Crippen molar-refractivity contribution in [2.75, 3.05) is 0 Å². The molecular weight excluding hydrogens is 224 g/mol. The van der Waals surface area contributed by atoms with E-state index < -0.39 is 0 Å². The van der Waals surface area contributed by atoms with Crippen molar-refractivity contribution in [3.63, 3.8) is 0 Å². The van der Waals surface area contributed by atoms with Gasteiger partial charge in [0, 0.05) is 4.90 Å². The quantitative estimate of drug-likeness (QED) is 0.641. The first kappa shape index (κ1) is 13.9. The SMILES string of the molecule is CCC.Cc1ccccc1-c1ccccc1S. The Balaban J connectivity index is 0.000000437. The minimum Gasteiger partial charge on any atom is -0.143 e. The molecule has 0 aliphatic heterocycles. The fourth-order valence-corrected chi connectivity index (χ4v) is 1.86. The average Bonchev–Trinajstić information content (AvgIpc) is 2.32. The Kier molecular flexibility index (Phi) is 5.85. The van der Waals surface area contributed by atoms with Gasteiger partial charge in [-0.3, -0.25) is 0 Å². The van der Waals surface area contributed by atoms with Crippen molar-refractivity contribution in [2.45, 2.75) is 32.1 Å². The fourth-order valence-electron chi connectivity index (χ4n) is 1.58. The minimum absolute atomic E-state index is 1.03. The summed E-state index contributed by atoms with van der Waals surface area (Å²) in [5.74, 6) is 0. The molecule has 0 spiro atoms. The van der Waals surface area contributed by atoms with Crippen molar-refractivity contribution in [1.29, 1.82) is 0 Å². The van der Waals surface area contributed by atoms with Crippen LogP contribution in [-0.2, 0) is 0 Å². The summed E-state index contributed by atoms with van der Waals surface area (Å²) in [4.78, 5) is 1.03. The standard InChI is InChI=1S/C13H12S.C3H8/c1-10-6-2-3-7-11(10)12-8-4-5-9-13(12)14;1-3-2/h2-9,14H,1H3;3H2,1-2H3. The number of hydrogen-bond donors (Lipinski definition) is 1. The first-order valence-electron chi connectivity index (χ1n) is 6.04. The van der Waals surface area contributed by atoms with Crippen LogP contribution in [0.4, 0.5) is 0 Å². The van der Waals surface area contributed by atoms with E-state index in [1.54, 1.807) is 0 Å². The Labute approximate surface area is 110 Å². The molecule has 0 saturated heterocycles. The predicted molar refractivity (Wildman–Crippen MR) is 79.8 cm³/mol. The van der Waals surface area contributed by atoms with Crippen LogP contribution in [0.3, 0.4) is 0 Å². The largest absolute Gasteiger partial charge is 0.143 e. The van der Waals surface area contributed by atoms with Gasteiger partial charge in [-0.2, -0.15) is 0 Å². The zero-order valence-corrected chi connectivity index (χ0v) is 11.7. The van der Waals surface area contributed by atoms with Crippen molar-refractivity contribution in [3.8, 4) is 11.1 Å². The number of thiol groups is 1. The van der Waals surface area contributed by atoms with E-state index in [-0.39, 0.29) is 0 Å². The molecular formula is C16H20S. The monoisotopic (exact) mass is 244 g/mol. The second kappa shape index (κ2) is 7.18. The summed E-state index contributed by atoms with van der Waals surface area (Å²) in [6, 6.07) is 16.5. The molecule has 0 N–H and O–H groups in total. The molecule has 2 aromatic rings. The number of rotatable bonds is 1. The van der Waals surface area contributed by atoms with Gasteiger partial charge < -0.3 is 0 Å². The lowest BCUT2D eigenvalue weighted by atomic mass is 10.0. The maximum atomic E-state index is 4.46. The molecule has 0 nitrogen and oxygen atoms in total. The summed E-state index contributed by atoms with van der Waals surface area (Å²) in [5, 5.41) is 0. The van der Waals surface area contributed by atoms with Crippen molar-refractivity contribution < 1.29 is 0 Å². The maximum absolute atomic E-state index is 4.46. The summed E-state index contributed by atoms with van der Waals surface area (Å²) < 4.78 is 0. The van der Waals surface area contributed by atoms with Gasteiger partial charge in [-0.1, -0.05) is 62.7 Å². The second-order valence-electron chi connectivity index (χ2n) is 4.04. The average molecular weight is 244 g/mol. The summed E-state index contributed by atoms with van der Waals surface area (Å²) >= 11 is 4.46. The molecule has 0 amide bonds. The molecule has 1 heteroatoms.